The van der Waals surface area contributed by atoms with Crippen molar-refractivity contribution in [3.63, 3.8) is 0 Å². The Morgan fingerprint density at radius 1 is 1.13 bits per heavy atom. The Hall–Kier alpha value is -2.33. The number of fused-ring (bicyclic) bond motifs is 1. The lowest BCUT2D eigenvalue weighted by Gasteiger charge is -1.97. The fraction of sp³-hybridized carbons (Fsp3) is 0. The van der Waals surface area contributed by atoms with Crippen LogP contribution >= 0.6 is 0 Å². The van der Waals surface area contributed by atoms with Crippen LogP contribution in [0.25, 0.3) is 10.8 Å². The minimum Gasteiger partial charge on any atom is -0.261 e. The number of rotatable bonds is 1. The number of nitrogens with zero attached hydrogens (tertiary/aromatic N) is 3. The zero-order chi connectivity index (χ0) is 10.7. The molecule has 0 saturated heterocycles. The van der Waals surface area contributed by atoms with E-state index >= 15 is 0 Å². The van der Waals surface area contributed by atoms with Crippen molar-refractivity contribution in [1.29, 1.82) is 10.5 Å². The van der Waals surface area contributed by atoms with Gasteiger partial charge in [0.2, 0.25) is 0 Å². The van der Waals surface area contributed by atoms with Gasteiger partial charge in [-0.1, -0.05) is 18.2 Å². The van der Waals surface area contributed by atoms with Crippen molar-refractivity contribution in [2.45, 2.75) is 0 Å². The molecule has 0 aliphatic heterocycles. The summed E-state index contributed by atoms with van der Waals surface area (Å²) in [6.45, 7) is 0. The summed E-state index contributed by atoms with van der Waals surface area (Å²) >= 11 is 0. The van der Waals surface area contributed by atoms with Gasteiger partial charge in [0.05, 0.1) is 0 Å². The van der Waals surface area contributed by atoms with Crippen molar-refractivity contribution in [3.8, 4) is 12.0 Å². The van der Waals surface area contributed by atoms with Crippen LogP contribution in [0.5, 0.6) is 0 Å². The highest BCUT2D eigenvalue weighted by Crippen LogP contribution is 2.11. The molecule has 0 amide bonds. The average Bonchev–Trinajstić information content (AvgIpc) is 2.28. The van der Waals surface area contributed by atoms with Gasteiger partial charge < -0.3 is 0 Å². The van der Waals surface area contributed by atoms with E-state index in [1.807, 2.05) is 30.2 Å². The van der Waals surface area contributed by atoms with Crippen molar-refractivity contribution in [2.24, 2.45) is 0 Å². The van der Waals surface area contributed by atoms with Crippen LogP contribution in [0.3, 0.4) is 0 Å². The second kappa shape index (κ2) is 3.81. The molecule has 4 heteroatoms. The largest absolute Gasteiger partial charge is 0.672 e. The number of aromatic nitrogens is 1. The maximum atomic E-state index is 8.90. The number of benzene rings is 1. The standard InChI is InChI=1S/C11H6BN3/c13-6-11-5-9-3-1-2-4-10(9)7-15(11)12-8-14/h1-5,7H/q+1. The van der Waals surface area contributed by atoms with Gasteiger partial charge in [-0.05, 0) is 11.5 Å². The highest BCUT2D eigenvalue weighted by Gasteiger charge is 2.14. The Labute approximate surface area is 88.1 Å². The molecular weight excluding hydrogens is 185 g/mol. The SMILES string of the molecule is N#C[B][n+]1cc2ccccc2cc1C#N. The summed E-state index contributed by atoms with van der Waals surface area (Å²) in [6, 6.07) is 11.5. The lowest BCUT2D eigenvalue weighted by Crippen LogP contribution is -2.42. The van der Waals surface area contributed by atoms with Gasteiger partial charge in [0.25, 0.3) is 5.69 Å². The van der Waals surface area contributed by atoms with Gasteiger partial charge in [-0.2, -0.15) is 5.26 Å². The van der Waals surface area contributed by atoms with Crippen LogP contribution in [-0.4, -0.2) is 7.41 Å². The quantitative estimate of drug-likeness (QED) is 0.630. The predicted molar refractivity (Wildman–Crippen MR) is 55.6 cm³/mol. The Balaban J connectivity index is 2.71. The van der Waals surface area contributed by atoms with Crippen molar-refractivity contribution >= 4 is 18.2 Å². The van der Waals surface area contributed by atoms with Crippen molar-refractivity contribution in [1.82, 2.24) is 0 Å². The molecule has 0 fully saturated rings. The molecule has 1 aromatic heterocycles. The summed E-state index contributed by atoms with van der Waals surface area (Å²) < 4.78 is 1.53. The number of nitriles is 2. The molecule has 67 valence electrons. The van der Waals surface area contributed by atoms with E-state index in [4.69, 9.17) is 10.5 Å². The summed E-state index contributed by atoms with van der Waals surface area (Å²) in [5, 5.41) is 19.5. The lowest BCUT2D eigenvalue weighted by atomic mass is 9.96. The van der Waals surface area contributed by atoms with Gasteiger partial charge in [-0.3, -0.25) is 4.48 Å². The first kappa shape index (κ1) is 9.24. The summed E-state index contributed by atoms with van der Waals surface area (Å²) in [7, 11) is 1.31. The van der Waals surface area contributed by atoms with Crippen LogP contribution in [0, 0.1) is 22.6 Å². The molecule has 1 aromatic carbocycles. The van der Waals surface area contributed by atoms with Crippen LogP contribution in [0.2, 0.25) is 0 Å². The molecule has 0 aliphatic rings. The molecule has 15 heavy (non-hydrogen) atoms. The molecule has 0 saturated carbocycles. The van der Waals surface area contributed by atoms with Crippen LogP contribution in [0.1, 0.15) is 5.69 Å². The van der Waals surface area contributed by atoms with Gasteiger partial charge in [0.1, 0.15) is 5.97 Å². The Morgan fingerprint density at radius 3 is 2.53 bits per heavy atom. The van der Waals surface area contributed by atoms with Crippen LogP contribution in [0.4, 0.5) is 0 Å². The van der Waals surface area contributed by atoms with E-state index in [9.17, 15) is 0 Å². The van der Waals surface area contributed by atoms with E-state index in [1.54, 1.807) is 12.3 Å². The molecule has 0 N–H and O–H groups in total. The van der Waals surface area contributed by atoms with E-state index < -0.39 is 0 Å². The number of pyridine rings is 1. The fourth-order valence-corrected chi connectivity index (χ4v) is 1.46. The zero-order valence-electron chi connectivity index (χ0n) is 7.88. The Bertz CT molecular complexity index is 593. The molecule has 0 bridgehead atoms. The molecular formula is C11H6BN3+. The summed E-state index contributed by atoms with van der Waals surface area (Å²) in [6.07, 6.45) is 1.77. The highest BCUT2D eigenvalue weighted by atomic mass is 14.9. The Kier molecular flexibility index (Phi) is 2.35. The van der Waals surface area contributed by atoms with E-state index in [1.165, 1.54) is 11.9 Å². The van der Waals surface area contributed by atoms with Gasteiger partial charge in [-0.25, -0.2) is 5.26 Å². The summed E-state index contributed by atoms with van der Waals surface area (Å²) in [4.78, 5) is 0. The topological polar surface area (TPSA) is 51.5 Å². The van der Waals surface area contributed by atoms with Gasteiger partial charge in [0.15, 0.2) is 12.3 Å². The summed E-state index contributed by atoms with van der Waals surface area (Å²) in [5.74, 6) is 1.91. The number of hydrogen-bond donors (Lipinski definition) is 0. The van der Waals surface area contributed by atoms with Gasteiger partial charge in [-0.15, -0.1) is 0 Å². The average molecular weight is 191 g/mol. The molecule has 1 heterocycles. The monoisotopic (exact) mass is 191 g/mol. The second-order valence-corrected chi connectivity index (χ2v) is 3.06. The molecule has 0 aliphatic carbocycles. The van der Waals surface area contributed by atoms with Crippen molar-refractivity contribution in [3.05, 3.63) is 42.2 Å². The molecule has 2 rings (SSSR count). The van der Waals surface area contributed by atoms with Gasteiger partial charge >= 0.3 is 7.41 Å². The van der Waals surface area contributed by atoms with Crippen molar-refractivity contribution < 1.29 is 4.48 Å². The smallest absolute Gasteiger partial charge is 0.261 e. The molecule has 0 spiro atoms. The van der Waals surface area contributed by atoms with Crippen LogP contribution in [0.15, 0.2) is 36.5 Å². The van der Waals surface area contributed by atoms with E-state index in [2.05, 4.69) is 6.07 Å². The van der Waals surface area contributed by atoms with Crippen molar-refractivity contribution in [2.75, 3.05) is 0 Å². The van der Waals surface area contributed by atoms with Crippen LogP contribution < -0.4 is 4.48 Å². The third-order valence-corrected chi connectivity index (χ3v) is 2.16. The minimum atomic E-state index is 0.454. The molecule has 1 radical (unpaired) electrons. The molecule has 3 nitrogen and oxygen atoms in total. The maximum absolute atomic E-state index is 8.90. The lowest BCUT2D eigenvalue weighted by molar-refractivity contribution is -0.528. The summed E-state index contributed by atoms with van der Waals surface area (Å²) in [5.41, 5.74) is 0.454. The maximum Gasteiger partial charge on any atom is 0.672 e. The third-order valence-electron chi connectivity index (χ3n) is 2.16. The third kappa shape index (κ3) is 1.66. The number of hydrogen-bond acceptors (Lipinski definition) is 2. The minimum absolute atomic E-state index is 0.454. The van der Waals surface area contributed by atoms with Gasteiger partial charge in [0, 0.05) is 11.5 Å². The van der Waals surface area contributed by atoms with Crippen LogP contribution in [-0.2, 0) is 0 Å². The molecule has 0 atom stereocenters. The highest BCUT2D eigenvalue weighted by molar-refractivity contribution is 6.35. The first-order chi connectivity index (χ1) is 7.35. The molecule has 0 unspecified atom stereocenters. The molecule has 2 aromatic rings. The second-order valence-electron chi connectivity index (χ2n) is 3.06. The predicted octanol–water partition coefficient (Wildman–Crippen LogP) is 0.947. The normalized spacial score (nSPS) is 9.20. The van der Waals surface area contributed by atoms with E-state index in [0.29, 0.717) is 5.69 Å². The first-order valence-electron chi connectivity index (χ1n) is 4.42. The fourth-order valence-electron chi connectivity index (χ4n) is 1.46. The zero-order valence-corrected chi connectivity index (χ0v) is 7.88. The van der Waals surface area contributed by atoms with E-state index in [0.717, 1.165) is 10.8 Å². The van der Waals surface area contributed by atoms with E-state index in [-0.39, 0.29) is 0 Å². The first-order valence-corrected chi connectivity index (χ1v) is 4.42. The Morgan fingerprint density at radius 2 is 1.87 bits per heavy atom.